The van der Waals surface area contributed by atoms with Gasteiger partial charge in [0.25, 0.3) is 0 Å². The summed E-state index contributed by atoms with van der Waals surface area (Å²) in [7, 11) is 0. The van der Waals surface area contributed by atoms with E-state index in [-0.39, 0.29) is 12.4 Å². The van der Waals surface area contributed by atoms with Gasteiger partial charge in [0, 0.05) is 0 Å². The third kappa shape index (κ3) is 18.3. The second kappa shape index (κ2) is 21.2. The van der Waals surface area contributed by atoms with Crippen molar-refractivity contribution < 1.29 is 0 Å². The average Bonchev–Trinajstić information content (AvgIpc) is 2.51. The Kier molecular flexibility index (Phi) is 23.7. The van der Waals surface area contributed by atoms with Crippen LogP contribution in [0.15, 0.2) is 0 Å². The molecule has 0 bridgehead atoms. The monoisotopic (exact) mass is 333 g/mol. The Morgan fingerprint density at radius 3 is 1.09 bits per heavy atom. The molecule has 136 valence electrons. The second-order valence-corrected chi connectivity index (χ2v) is 6.68. The molecule has 0 unspecified atom stereocenters. The fourth-order valence-electron chi connectivity index (χ4n) is 3.01. The van der Waals surface area contributed by atoms with Crippen molar-refractivity contribution in [3.8, 4) is 0 Å². The van der Waals surface area contributed by atoms with Crippen molar-refractivity contribution in [2.75, 3.05) is 19.6 Å². The molecule has 1 nitrogen and oxygen atoms in total. The molecule has 0 saturated carbocycles. The lowest BCUT2D eigenvalue weighted by atomic mass is 10.1. The Labute approximate surface area is 148 Å². The van der Waals surface area contributed by atoms with Gasteiger partial charge in [0.2, 0.25) is 0 Å². The lowest BCUT2D eigenvalue weighted by Crippen LogP contribution is -2.25. The van der Waals surface area contributed by atoms with Crippen molar-refractivity contribution >= 4 is 12.4 Å². The summed E-state index contributed by atoms with van der Waals surface area (Å²) < 4.78 is 0. The molecule has 0 heterocycles. The van der Waals surface area contributed by atoms with E-state index in [4.69, 9.17) is 0 Å². The highest BCUT2D eigenvalue weighted by Gasteiger charge is 2.01. The highest BCUT2D eigenvalue weighted by molar-refractivity contribution is 5.85. The first-order valence-electron chi connectivity index (χ1n) is 10.1. The number of unbranched alkanes of at least 4 members (excludes halogenated alkanes) is 12. The normalized spacial score (nSPS) is 10.9. The molecule has 0 saturated heterocycles. The van der Waals surface area contributed by atoms with Crippen LogP contribution in [0.2, 0.25) is 0 Å². The molecule has 0 rings (SSSR count). The predicted molar refractivity (Wildman–Crippen MR) is 105 cm³/mol. The van der Waals surface area contributed by atoms with Gasteiger partial charge in [0.05, 0.1) is 0 Å². The Morgan fingerprint density at radius 1 is 0.455 bits per heavy atom. The van der Waals surface area contributed by atoms with Crippen molar-refractivity contribution in [1.82, 2.24) is 4.90 Å². The van der Waals surface area contributed by atoms with Gasteiger partial charge in [-0.3, -0.25) is 0 Å². The minimum Gasteiger partial charge on any atom is -0.304 e. The van der Waals surface area contributed by atoms with Crippen LogP contribution in [0.5, 0.6) is 0 Å². The van der Waals surface area contributed by atoms with E-state index in [0.29, 0.717) is 0 Å². The van der Waals surface area contributed by atoms with E-state index < -0.39 is 0 Å². The van der Waals surface area contributed by atoms with Crippen LogP contribution in [0.4, 0.5) is 0 Å². The topological polar surface area (TPSA) is 3.24 Å². The Hall–Kier alpha value is 0.250. The largest absolute Gasteiger partial charge is 0.304 e. The van der Waals surface area contributed by atoms with Gasteiger partial charge < -0.3 is 4.90 Å². The van der Waals surface area contributed by atoms with Gasteiger partial charge >= 0.3 is 0 Å². The third-order valence-corrected chi connectivity index (χ3v) is 4.60. The summed E-state index contributed by atoms with van der Waals surface area (Å²) in [5.41, 5.74) is 0. The van der Waals surface area contributed by atoms with Crippen molar-refractivity contribution in [2.24, 2.45) is 0 Å². The van der Waals surface area contributed by atoms with E-state index in [9.17, 15) is 0 Å². The molecule has 22 heavy (non-hydrogen) atoms. The number of hydrogen-bond donors (Lipinski definition) is 0. The molecule has 2 heteroatoms. The van der Waals surface area contributed by atoms with Gasteiger partial charge in [-0.2, -0.15) is 0 Å². The summed E-state index contributed by atoms with van der Waals surface area (Å²) in [5.74, 6) is 0. The molecule has 0 aromatic rings. The van der Waals surface area contributed by atoms with Crippen LogP contribution in [0.3, 0.4) is 0 Å². The molecule has 0 aliphatic carbocycles. The maximum Gasteiger partial charge on any atom is -0.00189 e. The second-order valence-electron chi connectivity index (χ2n) is 6.68. The molecule has 0 spiro atoms. The van der Waals surface area contributed by atoms with E-state index >= 15 is 0 Å². The first kappa shape index (κ1) is 24.5. The summed E-state index contributed by atoms with van der Waals surface area (Å²) in [6, 6.07) is 0. The van der Waals surface area contributed by atoms with Crippen LogP contribution in [-0.4, -0.2) is 24.5 Å². The molecule has 0 fully saturated rings. The molecule has 0 amide bonds. The molecule has 0 N–H and O–H groups in total. The molecule has 0 aromatic heterocycles. The molecule has 0 aliphatic rings. The zero-order chi connectivity index (χ0) is 15.6. The zero-order valence-corrected chi connectivity index (χ0v) is 16.7. The summed E-state index contributed by atoms with van der Waals surface area (Å²) in [4.78, 5) is 2.66. The SMILES string of the molecule is CCCCCCCCCN(CC)CCCCCCCCC.Cl. The van der Waals surface area contributed by atoms with Gasteiger partial charge in [-0.25, -0.2) is 0 Å². The number of nitrogens with zero attached hydrogens (tertiary/aromatic N) is 1. The van der Waals surface area contributed by atoms with Gasteiger partial charge in [-0.15, -0.1) is 12.4 Å². The highest BCUT2D eigenvalue weighted by Crippen LogP contribution is 2.10. The first-order chi connectivity index (χ1) is 10.3. The number of halogens is 1. The fraction of sp³-hybridized carbons (Fsp3) is 1.00. The molecule has 0 aliphatic heterocycles. The van der Waals surface area contributed by atoms with E-state index in [1.54, 1.807) is 0 Å². The van der Waals surface area contributed by atoms with E-state index in [1.807, 2.05) is 0 Å². The average molecular weight is 334 g/mol. The maximum absolute atomic E-state index is 2.66. The maximum atomic E-state index is 2.66. The van der Waals surface area contributed by atoms with Crippen LogP contribution in [0.1, 0.15) is 111 Å². The van der Waals surface area contributed by atoms with Crippen molar-refractivity contribution in [1.29, 1.82) is 0 Å². The van der Waals surface area contributed by atoms with E-state index in [1.165, 1.54) is 110 Å². The Morgan fingerprint density at radius 2 is 0.773 bits per heavy atom. The summed E-state index contributed by atoms with van der Waals surface area (Å²) in [5, 5.41) is 0. The van der Waals surface area contributed by atoms with Crippen LogP contribution in [0.25, 0.3) is 0 Å². The van der Waals surface area contributed by atoms with Crippen molar-refractivity contribution in [3.05, 3.63) is 0 Å². The molecule has 0 radical (unpaired) electrons. The zero-order valence-electron chi connectivity index (χ0n) is 15.9. The van der Waals surface area contributed by atoms with Crippen LogP contribution < -0.4 is 0 Å². The Bertz CT molecular complexity index is 167. The van der Waals surface area contributed by atoms with E-state index in [2.05, 4.69) is 25.7 Å². The predicted octanol–water partition coefficient (Wildman–Crippen LogP) is 7.23. The third-order valence-electron chi connectivity index (χ3n) is 4.60. The van der Waals surface area contributed by atoms with Crippen LogP contribution in [0, 0.1) is 0 Å². The standard InChI is InChI=1S/C20H43N.ClH/c1-4-7-9-11-13-15-17-19-21(6-3)20-18-16-14-12-10-8-5-2;/h4-20H2,1-3H3;1H. The van der Waals surface area contributed by atoms with Crippen LogP contribution >= 0.6 is 12.4 Å². The van der Waals surface area contributed by atoms with Gasteiger partial charge in [0.1, 0.15) is 0 Å². The molecular weight excluding hydrogens is 290 g/mol. The quantitative estimate of drug-likeness (QED) is 0.254. The molecule has 0 aromatic carbocycles. The van der Waals surface area contributed by atoms with Gasteiger partial charge in [-0.05, 0) is 32.5 Å². The van der Waals surface area contributed by atoms with Gasteiger partial charge in [-0.1, -0.05) is 97.8 Å². The molecule has 0 atom stereocenters. The minimum absolute atomic E-state index is 0. The number of rotatable bonds is 17. The molecular formula is C20H44ClN. The van der Waals surface area contributed by atoms with E-state index in [0.717, 1.165) is 0 Å². The minimum atomic E-state index is 0. The van der Waals surface area contributed by atoms with Crippen molar-refractivity contribution in [2.45, 2.75) is 111 Å². The van der Waals surface area contributed by atoms with Crippen molar-refractivity contribution in [3.63, 3.8) is 0 Å². The summed E-state index contributed by atoms with van der Waals surface area (Å²) in [6.07, 6.45) is 20.0. The van der Waals surface area contributed by atoms with Gasteiger partial charge in [0.15, 0.2) is 0 Å². The summed E-state index contributed by atoms with van der Waals surface area (Å²) in [6.45, 7) is 10.8. The lowest BCUT2D eigenvalue weighted by molar-refractivity contribution is 0.273. The lowest BCUT2D eigenvalue weighted by Gasteiger charge is -2.20. The first-order valence-corrected chi connectivity index (χ1v) is 10.1. The number of hydrogen-bond acceptors (Lipinski definition) is 1. The highest BCUT2D eigenvalue weighted by atomic mass is 35.5. The smallest absolute Gasteiger partial charge is 0.00189 e. The Balaban J connectivity index is 0. The summed E-state index contributed by atoms with van der Waals surface area (Å²) >= 11 is 0. The van der Waals surface area contributed by atoms with Crippen LogP contribution in [-0.2, 0) is 0 Å². The fourth-order valence-corrected chi connectivity index (χ4v) is 3.01.